The molecule has 0 amide bonds. The molecule has 0 spiro atoms. The van der Waals surface area contributed by atoms with Crippen molar-refractivity contribution in [2.24, 2.45) is 0 Å². The Balaban J connectivity index is 1.79. The van der Waals surface area contributed by atoms with E-state index in [2.05, 4.69) is 65.6 Å². The van der Waals surface area contributed by atoms with Crippen LogP contribution in [-0.2, 0) is 6.54 Å². The van der Waals surface area contributed by atoms with Crippen LogP contribution in [0.1, 0.15) is 17.4 Å². The normalized spacial score (nSPS) is 16.7. The zero-order chi connectivity index (χ0) is 14.8. The molecule has 0 fully saturated rings. The van der Waals surface area contributed by atoms with Crippen molar-refractivity contribution in [1.29, 1.82) is 0 Å². The Kier molecular flexibility index (Phi) is 3.28. The summed E-state index contributed by atoms with van der Waals surface area (Å²) in [5.74, 6) is 0.975. The minimum atomic E-state index is -0.0986. The number of ether oxygens (including phenoxy) is 1. The maximum atomic E-state index is 6.31. The van der Waals surface area contributed by atoms with Crippen molar-refractivity contribution in [2.45, 2.75) is 12.8 Å². The predicted molar refractivity (Wildman–Crippen MR) is 88.9 cm³/mol. The zero-order valence-corrected chi connectivity index (χ0v) is 12.2. The van der Waals surface area contributed by atoms with Gasteiger partial charge in [-0.05, 0) is 18.2 Å². The van der Waals surface area contributed by atoms with Crippen LogP contribution in [0, 0.1) is 0 Å². The van der Waals surface area contributed by atoms with E-state index in [0.29, 0.717) is 0 Å². The van der Waals surface area contributed by atoms with Gasteiger partial charge in [0.25, 0.3) is 0 Å². The SMILES string of the molecule is c1ccc(C2Oc3ccccc3CN2c2ccccc2)cc1. The van der Waals surface area contributed by atoms with Crippen molar-refractivity contribution in [3.63, 3.8) is 0 Å². The fraction of sp³-hybridized carbons (Fsp3) is 0.100. The molecule has 0 saturated carbocycles. The molecule has 0 aliphatic carbocycles. The minimum absolute atomic E-state index is 0.0986. The topological polar surface area (TPSA) is 12.5 Å². The van der Waals surface area contributed by atoms with E-state index < -0.39 is 0 Å². The average molecular weight is 287 g/mol. The van der Waals surface area contributed by atoms with Crippen LogP contribution in [0.25, 0.3) is 0 Å². The van der Waals surface area contributed by atoms with E-state index in [1.54, 1.807) is 0 Å². The molecule has 1 heterocycles. The predicted octanol–water partition coefficient (Wildman–Crippen LogP) is 4.78. The van der Waals surface area contributed by atoms with Crippen LogP contribution in [-0.4, -0.2) is 0 Å². The summed E-state index contributed by atoms with van der Waals surface area (Å²) in [5.41, 5.74) is 3.56. The zero-order valence-electron chi connectivity index (χ0n) is 12.2. The monoisotopic (exact) mass is 287 g/mol. The smallest absolute Gasteiger partial charge is 0.199 e. The number of nitrogens with zero attached hydrogens (tertiary/aromatic N) is 1. The lowest BCUT2D eigenvalue weighted by Gasteiger charge is -2.38. The summed E-state index contributed by atoms with van der Waals surface area (Å²) < 4.78 is 6.31. The lowest BCUT2D eigenvalue weighted by Crippen LogP contribution is -2.35. The summed E-state index contributed by atoms with van der Waals surface area (Å²) in [4.78, 5) is 2.30. The third-order valence-corrected chi connectivity index (χ3v) is 4.01. The molecule has 108 valence electrons. The summed E-state index contributed by atoms with van der Waals surface area (Å²) >= 11 is 0. The van der Waals surface area contributed by atoms with E-state index >= 15 is 0 Å². The van der Waals surface area contributed by atoms with E-state index in [9.17, 15) is 0 Å². The van der Waals surface area contributed by atoms with Crippen molar-refractivity contribution in [3.05, 3.63) is 96.1 Å². The molecule has 2 heteroatoms. The Morgan fingerprint density at radius 2 is 1.36 bits per heavy atom. The third kappa shape index (κ3) is 2.33. The molecule has 0 aromatic heterocycles. The highest BCUT2D eigenvalue weighted by molar-refractivity contribution is 5.52. The van der Waals surface area contributed by atoms with Crippen LogP contribution < -0.4 is 9.64 Å². The summed E-state index contributed by atoms with van der Waals surface area (Å²) in [5, 5.41) is 0. The van der Waals surface area contributed by atoms with Gasteiger partial charge in [0.1, 0.15) is 5.75 Å². The van der Waals surface area contributed by atoms with Gasteiger partial charge in [0.05, 0.1) is 6.54 Å². The largest absolute Gasteiger partial charge is 0.466 e. The van der Waals surface area contributed by atoms with Crippen LogP contribution in [0.5, 0.6) is 5.75 Å². The van der Waals surface area contributed by atoms with E-state index in [0.717, 1.165) is 12.3 Å². The average Bonchev–Trinajstić information content (AvgIpc) is 2.62. The van der Waals surface area contributed by atoms with Gasteiger partial charge in [0, 0.05) is 16.8 Å². The van der Waals surface area contributed by atoms with Gasteiger partial charge in [0.2, 0.25) is 0 Å². The molecular formula is C20H17NO. The summed E-state index contributed by atoms with van der Waals surface area (Å²) in [6.45, 7) is 0.847. The molecule has 0 saturated heterocycles. The molecule has 1 atom stereocenters. The summed E-state index contributed by atoms with van der Waals surface area (Å²) in [6, 6.07) is 29.1. The molecule has 0 N–H and O–H groups in total. The fourth-order valence-electron chi connectivity index (χ4n) is 2.91. The molecule has 3 aromatic rings. The number of fused-ring (bicyclic) bond motifs is 1. The molecule has 1 aliphatic heterocycles. The molecule has 3 aromatic carbocycles. The van der Waals surface area contributed by atoms with E-state index in [1.165, 1.54) is 16.8 Å². The van der Waals surface area contributed by atoms with Crippen LogP contribution >= 0.6 is 0 Å². The second-order valence-corrected chi connectivity index (χ2v) is 5.45. The van der Waals surface area contributed by atoms with Gasteiger partial charge < -0.3 is 9.64 Å². The number of anilines is 1. The molecular weight excluding hydrogens is 270 g/mol. The van der Waals surface area contributed by atoms with Gasteiger partial charge in [0.15, 0.2) is 6.23 Å². The van der Waals surface area contributed by atoms with Crippen molar-refractivity contribution in [2.75, 3.05) is 4.90 Å². The second kappa shape index (κ2) is 5.57. The van der Waals surface area contributed by atoms with E-state index in [1.807, 2.05) is 24.3 Å². The van der Waals surface area contributed by atoms with Gasteiger partial charge in [-0.3, -0.25) is 0 Å². The van der Waals surface area contributed by atoms with Crippen molar-refractivity contribution in [3.8, 4) is 5.75 Å². The highest BCUT2D eigenvalue weighted by Crippen LogP contribution is 2.37. The maximum absolute atomic E-state index is 6.31. The quantitative estimate of drug-likeness (QED) is 0.672. The van der Waals surface area contributed by atoms with Crippen LogP contribution in [0.15, 0.2) is 84.9 Å². The highest BCUT2D eigenvalue weighted by Gasteiger charge is 2.28. The number of para-hydroxylation sites is 2. The van der Waals surface area contributed by atoms with Gasteiger partial charge >= 0.3 is 0 Å². The first-order chi connectivity index (χ1) is 10.9. The van der Waals surface area contributed by atoms with Gasteiger partial charge in [-0.1, -0.05) is 66.7 Å². The second-order valence-electron chi connectivity index (χ2n) is 5.45. The van der Waals surface area contributed by atoms with Crippen LogP contribution in [0.4, 0.5) is 5.69 Å². The van der Waals surface area contributed by atoms with Gasteiger partial charge in [-0.2, -0.15) is 0 Å². The maximum Gasteiger partial charge on any atom is 0.199 e. The molecule has 0 bridgehead atoms. The van der Waals surface area contributed by atoms with Crippen LogP contribution in [0.3, 0.4) is 0 Å². The number of hydrogen-bond donors (Lipinski definition) is 0. The Hall–Kier alpha value is -2.74. The third-order valence-electron chi connectivity index (χ3n) is 4.01. The lowest BCUT2D eigenvalue weighted by atomic mass is 10.1. The number of benzene rings is 3. The van der Waals surface area contributed by atoms with Gasteiger partial charge in [-0.25, -0.2) is 0 Å². The molecule has 1 unspecified atom stereocenters. The van der Waals surface area contributed by atoms with Crippen molar-refractivity contribution < 1.29 is 4.74 Å². The Morgan fingerprint density at radius 3 is 2.14 bits per heavy atom. The Morgan fingerprint density at radius 1 is 0.727 bits per heavy atom. The Bertz CT molecular complexity index is 688. The van der Waals surface area contributed by atoms with E-state index in [4.69, 9.17) is 4.74 Å². The molecule has 22 heavy (non-hydrogen) atoms. The summed E-state index contributed by atoms with van der Waals surface area (Å²) in [7, 11) is 0. The van der Waals surface area contributed by atoms with Crippen LogP contribution in [0.2, 0.25) is 0 Å². The minimum Gasteiger partial charge on any atom is -0.466 e. The first kappa shape index (κ1) is 13.0. The molecule has 4 rings (SSSR count). The highest BCUT2D eigenvalue weighted by atomic mass is 16.5. The molecule has 1 aliphatic rings. The first-order valence-electron chi connectivity index (χ1n) is 7.53. The Labute approximate surface area is 130 Å². The van der Waals surface area contributed by atoms with E-state index in [-0.39, 0.29) is 6.23 Å². The lowest BCUT2D eigenvalue weighted by molar-refractivity contribution is 0.178. The number of rotatable bonds is 2. The standard InChI is InChI=1S/C20H17NO/c1-3-9-16(10-4-1)20-21(18-12-5-2-6-13-18)15-17-11-7-8-14-19(17)22-20/h1-14,20H,15H2. The van der Waals surface area contributed by atoms with Gasteiger partial charge in [-0.15, -0.1) is 0 Å². The molecule has 2 nitrogen and oxygen atoms in total. The number of hydrogen-bond acceptors (Lipinski definition) is 2. The fourth-order valence-corrected chi connectivity index (χ4v) is 2.91. The van der Waals surface area contributed by atoms with Crippen molar-refractivity contribution in [1.82, 2.24) is 0 Å². The molecule has 0 radical (unpaired) electrons. The van der Waals surface area contributed by atoms with Crippen molar-refractivity contribution >= 4 is 5.69 Å². The summed E-state index contributed by atoms with van der Waals surface area (Å²) in [6.07, 6.45) is -0.0986. The first-order valence-corrected chi connectivity index (χ1v) is 7.53.